The van der Waals surface area contributed by atoms with E-state index in [0.29, 0.717) is 17.3 Å². The van der Waals surface area contributed by atoms with Gasteiger partial charge < -0.3 is 9.15 Å². The van der Waals surface area contributed by atoms with E-state index in [2.05, 4.69) is 9.71 Å². The fraction of sp³-hybridized carbons (Fsp3) is 0.300. The van der Waals surface area contributed by atoms with E-state index in [1.807, 2.05) is 17.5 Å². The number of esters is 1. The van der Waals surface area contributed by atoms with Gasteiger partial charge in [-0.2, -0.15) is 4.72 Å². The van der Waals surface area contributed by atoms with Gasteiger partial charge in [-0.1, -0.05) is 37.6 Å². The number of hydrogen-bond acceptors (Lipinski definition) is 7. The van der Waals surface area contributed by atoms with Crippen molar-refractivity contribution in [1.29, 1.82) is 0 Å². The molecule has 1 aromatic carbocycles. The van der Waals surface area contributed by atoms with Gasteiger partial charge in [0.25, 0.3) is 0 Å². The minimum Gasteiger partial charge on any atom is -0.458 e. The van der Waals surface area contributed by atoms with Crippen molar-refractivity contribution in [2.75, 3.05) is 0 Å². The largest absolute Gasteiger partial charge is 0.458 e. The van der Waals surface area contributed by atoms with Gasteiger partial charge in [0.2, 0.25) is 15.9 Å². The maximum absolute atomic E-state index is 12.7. The van der Waals surface area contributed by atoms with E-state index >= 15 is 0 Å². The molecule has 3 rings (SSSR count). The number of aromatic nitrogens is 1. The Morgan fingerprint density at radius 1 is 1.30 bits per heavy atom. The molecule has 160 valence electrons. The second kappa shape index (κ2) is 9.30. The fourth-order valence-corrected chi connectivity index (χ4v) is 4.91. The molecule has 2 aromatic heterocycles. The Morgan fingerprint density at radius 3 is 2.70 bits per heavy atom. The molecule has 0 aliphatic heterocycles. The maximum atomic E-state index is 12.7. The van der Waals surface area contributed by atoms with Crippen LogP contribution in [0.5, 0.6) is 0 Å². The molecule has 7 nitrogen and oxygen atoms in total. The summed E-state index contributed by atoms with van der Waals surface area (Å²) in [5.74, 6) is -0.0513. The molecule has 1 N–H and O–H groups in total. The molecule has 10 heteroatoms. The second-order valence-corrected chi connectivity index (χ2v) is 10.0. The third-order valence-corrected chi connectivity index (χ3v) is 6.82. The lowest BCUT2D eigenvalue weighted by molar-refractivity contribution is -0.148. The zero-order chi connectivity index (χ0) is 21.9. The number of rotatable bonds is 8. The normalized spacial score (nSPS) is 12.8. The van der Waals surface area contributed by atoms with E-state index in [1.165, 1.54) is 29.5 Å². The van der Waals surface area contributed by atoms with Gasteiger partial charge in [-0.15, -0.1) is 11.3 Å². The highest BCUT2D eigenvalue weighted by Crippen LogP contribution is 2.26. The number of carbonyl (C=O) groups excluding carboxylic acids is 1. The number of carbonyl (C=O) groups is 1. The fourth-order valence-electron chi connectivity index (χ4n) is 2.62. The van der Waals surface area contributed by atoms with Gasteiger partial charge in [-0.05, 0) is 42.5 Å². The van der Waals surface area contributed by atoms with E-state index in [0.717, 1.165) is 4.88 Å². The molecule has 0 fully saturated rings. The summed E-state index contributed by atoms with van der Waals surface area (Å²) < 4.78 is 38.7. The highest BCUT2D eigenvalue weighted by Gasteiger charge is 2.30. The van der Waals surface area contributed by atoms with Crippen LogP contribution in [0.15, 0.2) is 51.1 Å². The summed E-state index contributed by atoms with van der Waals surface area (Å²) in [6.45, 7) is 5.06. The van der Waals surface area contributed by atoms with Gasteiger partial charge >= 0.3 is 5.97 Å². The Kier molecular flexibility index (Phi) is 6.97. The van der Waals surface area contributed by atoms with E-state index in [9.17, 15) is 13.2 Å². The van der Waals surface area contributed by atoms with Gasteiger partial charge in [0.1, 0.15) is 24.1 Å². The standard InChI is InChI=1S/C20H21ClN2O5S2/c1-12(2)18(23-30(25,26)15-7-4-6-14(21)10-15)20(24)27-11-16-13(3)28-19(22-16)17-8-5-9-29-17/h4-10,12,18,23H,11H2,1-3H3/t18-/m1/s1. The van der Waals surface area contributed by atoms with E-state index in [4.69, 9.17) is 20.8 Å². The van der Waals surface area contributed by atoms with Crippen LogP contribution in [0, 0.1) is 12.8 Å². The first-order chi connectivity index (χ1) is 14.2. The van der Waals surface area contributed by atoms with Crippen molar-refractivity contribution in [3.8, 4) is 10.8 Å². The summed E-state index contributed by atoms with van der Waals surface area (Å²) in [6.07, 6.45) is 0. The van der Waals surface area contributed by atoms with Crippen LogP contribution >= 0.6 is 22.9 Å². The average Bonchev–Trinajstić information content (AvgIpc) is 3.34. The Morgan fingerprint density at radius 2 is 2.07 bits per heavy atom. The predicted molar refractivity (Wildman–Crippen MR) is 115 cm³/mol. The molecule has 0 spiro atoms. The SMILES string of the molecule is Cc1oc(-c2cccs2)nc1COC(=O)[C@H](NS(=O)(=O)c1cccc(Cl)c1)C(C)C. The molecule has 0 saturated heterocycles. The number of benzene rings is 1. The zero-order valence-corrected chi connectivity index (χ0v) is 19.0. The van der Waals surface area contributed by atoms with Crippen molar-refractivity contribution in [2.24, 2.45) is 5.92 Å². The third-order valence-electron chi connectivity index (χ3n) is 4.28. The summed E-state index contributed by atoms with van der Waals surface area (Å²) in [5, 5.41) is 2.19. The molecular weight excluding hydrogens is 448 g/mol. The van der Waals surface area contributed by atoms with Crippen LogP contribution in [0.2, 0.25) is 5.02 Å². The van der Waals surface area contributed by atoms with Crippen molar-refractivity contribution in [2.45, 2.75) is 38.3 Å². The third kappa shape index (κ3) is 5.28. The van der Waals surface area contributed by atoms with Crippen molar-refractivity contribution in [3.63, 3.8) is 0 Å². The summed E-state index contributed by atoms with van der Waals surface area (Å²) in [4.78, 5) is 17.9. The lowest BCUT2D eigenvalue weighted by Crippen LogP contribution is -2.45. The summed E-state index contributed by atoms with van der Waals surface area (Å²) in [7, 11) is -3.96. The number of nitrogens with one attached hydrogen (secondary N) is 1. The van der Waals surface area contributed by atoms with Crippen LogP contribution in [0.25, 0.3) is 10.8 Å². The van der Waals surface area contributed by atoms with Crippen LogP contribution in [0.4, 0.5) is 0 Å². The first-order valence-electron chi connectivity index (χ1n) is 9.12. The minimum atomic E-state index is -3.96. The number of ether oxygens (including phenoxy) is 1. The number of oxazole rings is 1. The maximum Gasteiger partial charge on any atom is 0.324 e. The summed E-state index contributed by atoms with van der Waals surface area (Å²) in [6, 6.07) is 8.51. The van der Waals surface area contributed by atoms with Gasteiger partial charge in [0, 0.05) is 5.02 Å². The molecule has 0 aliphatic rings. The number of halogens is 1. The smallest absolute Gasteiger partial charge is 0.324 e. The monoisotopic (exact) mass is 468 g/mol. The molecule has 0 amide bonds. The number of aryl methyl sites for hydroxylation is 1. The lowest BCUT2D eigenvalue weighted by atomic mass is 10.1. The quantitative estimate of drug-likeness (QED) is 0.491. The summed E-state index contributed by atoms with van der Waals surface area (Å²) in [5.41, 5.74) is 0.479. The zero-order valence-electron chi connectivity index (χ0n) is 16.6. The van der Waals surface area contributed by atoms with E-state index in [1.54, 1.807) is 26.8 Å². The van der Waals surface area contributed by atoms with Crippen LogP contribution in [0.1, 0.15) is 25.3 Å². The molecule has 0 aliphatic carbocycles. The van der Waals surface area contributed by atoms with Crippen molar-refractivity contribution >= 4 is 38.9 Å². The molecular formula is C20H21ClN2O5S2. The average molecular weight is 469 g/mol. The topological polar surface area (TPSA) is 98.5 Å². The van der Waals surface area contributed by atoms with Crippen LogP contribution in [-0.4, -0.2) is 25.4 Å². The van der Waals surface area contributed by atoms with Gasteiger partial charge in [0.15, 0.2) is 0 Å². The van der Waals surface area contributed by atoms with Gasteiger partial charge in [-0.3, -0.25) is 4.79 Å². The van der Waals surface area contributed by atoms with Gasteiger partial charge in [-0.25, -0.2) is 13.4 Å². The van der Waals surface area contributed by atoms with Crippen molar-refractivity contribution < 1.29 is 22.4 Å². The molecule has 0 unspecified atom stereocenters. The number of thiophene rings is 1. The van der Waals surface area contributed by atoms with Crippen LogP contribution < -0.4 is 4.72 Å². The minimum absolute atomic E-state index is 0.0265. The van der Waals surface area contributed by atoms with E-state index < -0.39 is 22.0 Å². The first kappa shape index (κ1) is 22.5. The Hall–Kier alpha value is -2.20. The molecule has 2 heterocycles. The Labute approximate surface area is 184 Å². The molecule has 0 bridgehead atoms. The Balaban J connectivity index is 1.71. The van der Waals surface area contributed by atoms with Crippen LogP contribution in [0.3, 0.4) is 0 Å². The number of sulfonamides is 1. The van der Waals surface area contributed by atoms with Crippen molar-refractivity contribution in [3.05, 3.63) is 58.3 Å². The molecule has 0 radical (unpaired) electrons. The van der Waals surface area contributed by atoms with Crippen LogP contribution in [-0.2, 0) is 26.2 Å². The van der Waals surface area contributed by atoms with Crippen molar-refractivity contribution in [1.82, 2.24) is 9.71 Å². The highest BCUT2D eigenvalue weighted by molar-refractivity contribution is 7.89. The predicted octanol–water partition coefficient (Wildman–Crippen LogP) is 4.41. The summed E-state index contributed by atoms with van der Waals surface area (Å²) >= 11 is 7.37. The molecule has 3 aromatic rings. The molecule has 1 atom stereocenters. The molecule has 0 saturated carbocycles. The second-order valence-electron chi connectivity index (χ2n) is 6.91. The lowest BCUT2D eigenvalue weighted by Gasteiger charge is -2.20. The highest BCUT2D eigenvalue weighted by atomic mass is 35.5. The number of hydrogen-bond donors (Lipinski definition) is 1. The molecule has 30 heavy (non-hydrogen) atoms. The Bertz CT molecular complexity index is 1120. The van der Waals surface area contributed by atoms with E-state index in [-0.39, 0.29) is 22.4 Å². The first-order valence-corrected chi connectivity index (χ1v) is 11.9. The van der Waals surface area contributed by atoms with Gasteiger partial charge in [0.05, 0.1) is 9.77 Å². The number of nitrogens with zero attached hydrogens (tertiary/aromatic N) is 1.